The lowest BCUT2D eigenvalue weighted by Crippen LogP contribution is -2.33. The van der Waals surface area contributed by atoms with Gasteiger partial charge >= 0.3 is 22.5 Å². The van der Waals surface area contributed by atoms with Crippen LogP contribution in [0.25, 0.3) is 0 Å². The summed E-state index contributed by atoms with van der Waals surface area (Å²) in [6, 6.07) is 5.72. The van der Waals surface area contributed by atoms with Gasteiger partial charge in [-0.2, -0.15) is 0 Å². The smallest absolute Gasteiger partial charge is 0.457 e. The van der Waals surface area contributed by atoms with Gasteiger partial charge in [-0.05, 0) is 26.0 Å². The Kier molecular flexibility index (Phi) is 6.64. The van der Waals surface area contributed by atoms with Crippen LogP contribution < -0.4 is 0 Å². The normalized spacial score (nSPS) is 13.8. The third-order valence-electron chi connectivity index (χ3n) is 1.53. The molecule has 80 valence electrons. The molecule has 0 bridgehead atoms. The summed E-state index contributed by atoms with van der Waals surface area (Å²) in [4.78, 5) is 3.78. The van der Waals surface area contributed by atoms with Gasteiger partial charge < -0.3 is 13.7 Å². The maximum Gasteiger partial charge on any atom is 0.458 e. The summed E-state index contributed by atoms with van der Waals surface area (Å²) in [5.74, 6) is 1.86. The molecule has 2 heterocycles. The topological polar surface area (TPSA) is 40.6 Å². The molecule has 1 fully saturated rings. The highest BCUT2D eigenvalue weighted by atomic mass is 16.7. The van der Waals surface area contributed by atoms with Gasteiger partial charge in [0.25, 0.3) is 0 Å². The lowest BCUT2D eigenvalue weighted by atomic mass is 9.83. The van der Waals surface area contributed by atoms with E-state index in [9.17, 15) is 0 Å². The first-order valence-corrected chi connectivity index (χ1v) is 4.89. The lowest BCUT2D eigenvalue weighted by Gasteiger charge is -2.15. The third kappa shape index (κ3) is 6.45. The molecular weight excluding hydrogens is 203 g/mol. The van der Waals surface area contributed by atoms with Crippen LogP contribution in [0.15, 0.2) is 42.1 Å². The second kappa shape index (κ2) is 8.16. The highest BCUT2D eigenvalue weighted by molar-refractivity contribution is 6.64. The maximum atomic E-state index is 4.91. The van der Waals surface area contributed by atoms with E-state index in [0.29, 0.717) is 0 Å². The minimum absolute atomic E-state index is 0.321. The van der Waals surface area contributed by atoms with E-state index < -0.39 is 0 Å². The standard InChI is InChI=1S/C5H5N.C4H7B3O3/c1-2-4-6-5-3-1;1-4(2)3-7-9-5-8-6-10-7/h1-5H;3H,1-2H3. The summed E-state index contributed by atoms with van der Waals surface area (Å²) >= 11 is 0. The van der Waals surface area contributed by atoms with Crippen LogP contribution in [-0.4, -0.2) is 27.5 Å². The van der Waals surface area contributed by atoms with Crippen LogP contribution in [0.2, 0.25) is 0 Å². The molecule has 1 aromatic rings. The third-order valence-corrected chi connectivity index (χ3v) is 1.53. The predicted octanol–water partition coefficient (Wildman–Crippen LogP) is 1.19. The van der Waals surface area contributed by atoms with Crippen molar-refractivity contribution in [2.75, 3.05) is 0 Å². The van der Waals surface area contributed by atoms with Gasteiger partial charge in [0.2, 0.25) is 0 Å². The molecule has 0 atom stereocenters. The first kappa shape index (κ1) is 13.0. The Balaban J connectivity index is 0.000000181. The molecule has 1 aliphatic rings. The Hall–Kier alpha value is -1.04. The number of nitrogens with zero attached hydrogens (tertiary/aromatic N) is 1. The highest BCUT2D eigenvalue weighted by Crippen LogP contribution is 1.99. The fourth-order valence-corrected chi connectivity index (χ4v) is 0.892. The van der Waals surface area contributed by atoms with E-state index in [0.717, 1.165) is 5.57 Å². The second-order valence-electron chi connectivity index (χ2n) is 3.24. The van der Waals surface area contributed by atoms with Crippen LogP contribution in [0.5, 0.6) is 0 Å². The van der Waals surface area contributed by atoms with Gasteiger partial charge in [0.1, 0.15) is 0 Å². The van der Waals surface area contributed by atoms with Gasteiger partial charge in [-0.25, -0.2) is 0 Å². The summed E-state index contributed by atoms with van der Waals surface area (Å²) in [6.45, 7) is 3.95. The average Bonchev–Trinajstić information content (AvgIpc) is 2.32. The zero-order chi connectivity index (χ0) is 11.6. The van der Waals surface area contributed by atoms with Gasteiger partial charge in [-0.3, -0.25) is 4.98 Å². The van der Waals surface area contributed by atoms with Gasteiger partial charge in [-0.1, -0.05) is 17.6 Å². The summed E-state index contributed by atoms with van der Waals surface area (Å²) in [7, 11) is 2.17. The van der Waals surface area contributed by atoms with Crippen molar-refractivity contribution in [3.63, 3.8) is 0 Å². The molecule has 0 unspecified atom stereocenters. The highest BCUT2D eigenvalue weighted by Gasteiger charge is 2.21. The molecule has 16 heavy (non-hydrogen) atoms. The van der Waals surface area contributed by atoms with E-state index in [4.69, 9.17) is 9.14 Å². The van der Waals surface area contributed by atoms with Gasteiger partial charge in [0, 0.05) is 12.4 Å². The molecule has 0 spiro atoms. The number of rotatable bonds is 1. The second-order valence-corrected chi connectivity index (χ2v) is 3.24. The summed E-state index contributed by atoms with van der Waals surface area (Å²) in [6.07, 6.45) is 3.50. The molecule has 0 N–H and O–H groups in total. The van der Waals surface area contributed by atoms with E-state index >= 15 is 0 Å². The van der Waals surface area contributed by atoms with Crippen LogP contribution >= 0.6 is 0 Å². The van der Waals surface area contributed by atoms with Crippen molar-refractivity contribution in [3.8, 4) is 0 Å². The van der Waals surface area contributed by atoms with E-state index in [-0.39, 0.29) is 7.12 Å². The van der Waals surface area contributed by atoms with Gasteiger partial charge in [0.15, 0.2) is 0 Å². The number of allylic oxidation sites excluding steroid dienone is 1. The molecule has 0 saturated carbocycles. The molecule has 1 saturated heterocycles. The Morgan fingerprint density at radius 1 is 1.12 bits per heavy atom. The zero-order valence-electron chi connectivity index (χ0n) is 9.37. The molecule has 1 aromatic heterocycles. The van der Waals surface area contributed by atoms with Crippen molar-refractivity contribution < 1.29 is 13.7 Å². The SMILES string of the molecule is CC(C)=CB1O[B]O[B]O1.c1ccncc1. The molecule has 0 amide bonds. The molecule has 2 radical (unpaired) electrons. The molecule has 2 rings (SSSR count). The first-order chi connectivity index (χ1) is 7.79. The fourth-order valence-electron chi connectivity index (χ4n) is 0.892. The van der Waals surface area contributed by atoms with Crippen molar-refractivity contribution in [2.45, 2.75) is 13.8 Å². The average molecular weight is 215 g/mol. The van der Waals surface area contributed by atoms with E-state index in [1.807, 2.05) is 38.0 Å². The van der Waals surface area contributed by atoms with E-state index in [2.05, 4.69) is 9.56 Å². The fraction of sp³-hybridized carbons (Fsp3) is 0.222. The predicted molar refractivity (Wildman–Crippen MR) is 64.2 cm³/mol. The van der Waals surface area contributed by atoms with Crippen LogP contribution in [0.1, 0.15) is 13.8 Å². The Labute approximate surface area is 97.8 Å². The van der Waals surface area contributed by atoms with Crippen molar-refractivity contribution >= 4 is 22.5 Å². The summed E-state index contributed by atoms with van der Waals surface area (Å²) in [5.41, 5.74) is 1.15. The molecule has 7 heteroatoms. The van der Waals surface area contributed by atoms with Crippen LogP contribution in [0, 0.1) is 0 Å². The first-order valence-electron chi connectivity index (χ1n) is 4.89. The monoisotopic (exact) mass is 215 g/mol. The number of hydrogen-bond acceptors (Lipinski definition) is 4. The van der Waals surface area contributed by atoms with Crippen molar-refractivity contribution in [1.29, 1.82) is 0 Å². The largest absolute Gasteiger partial charge is 0.458 e. The molecule has 0 aromatic carbocycles. The molecule has 0 aliphatic carbocycles. The Bertz CT molecular complexity index is 273. The zero-order valence-corrected chi connectivity index (χ0v) is 9.37. The molecule has 4 nitrogen and oxygen atoms in total. The minimum atomic E-state index is -0.321. The molecule has 1 aliphatic heterocycles. The van der Waals surface area contributed by atoms with Crippen molar-refractivity contribution in [1.82, 2.24) is 4.98 Å². The maximum absolute atomic E-state index is 4.91. The number of aromatic nitrogens is 1. The summed E-state index contributed by atoms with van der Waals surface area (Å²) < 4.78 is 14.4. The minimum Gasteiger partial charge on any atom is -0.457 e. The van der Waals surface area contributed by atoms with Gasteiger partial charge in [0.05, 0.1) is 0 Å². The number of pyridine rings is 1. The Morgan fingerprint density at radius 3 is 2.12 bits per heavy atom. The Morgan fingerprint density at radius 2 is 1.75 bits per heavy atom. The van der Waals surface area contributed by atoms with Crippen LogP contribution in [0.4, 0.5) is 0 Å². The van der Waals surface area contributed by atoms with Gasteiger partial charge in [-0.15, -0.1) is 0 Å². The lowest BCUT2D eigenvalue weighted by molar-refractivity contribution is 0.332. The molecular formula is C9H12B3NO3. The summed E-state index contributed by atoms with van der Waals surface area (Å²) in [5, 5.41) is 0. The van der Waals surface area contributed by atoms with Crippen molar-refractivity contribution in [2.24, 2.45) is 0 Å². The van der Waals surface area contributed by atoms with Crippen molar-refractivity contribution in [3.05, 3.63) is 42.1 Å². The van der Waals surface area contributed by atoms with Crippen LogP contribution in [-0.2, 0) is 13.7 Å². The number of hydrogen-bond donors (Lipinski definition) is 0. The van der Waals surface area contributed by atoms with Crippen LogP contribution in [0.3, 0.4) is 0 Å². The van der Waals surface area contributed by atoms with E-state index in [1.54, 1.807) is 12.4 Å². The quantitative estimate of drug-likeness (QED) is 0.659. The van der Waals surface area contributed by atoms with E-state index in [1.165, 1.54) is 15.4 Å².